The highest BCUT2D eigenvalue weighted by Gasteiger charge is 2.39. The summed E-state index contributed by atoms with van der Waals surface area (Å²) in [6.07, 6.45) is 2.36. The lowest BCUT2D eigenvalue weighted by Crippen LogP contribution is -2.48. The van der Waals surface area contributed by atoms with Crippen LogP contribution in [0.15, 0.2) is 120 Å². The third-order valence-electron chi connectivity index (χ3n) is 11.1. The van der Waals surface area contributed by atoms with Crippen LogP contribution in [-0.2, 0) is 19.2 Å². The van der Waals surface area contributed by atoms with Gasteiger partial charge in [-0.3, -0.25) is 24.0 Å². The molecule has 4 aromatic carbocycles. The summed E-state index contributed by atoms with van der Waals surface area (Å²) < 4.78 is 11.7. The Labute approximate surface area is 357 Å². The highest BCUT2D eigenvalue weighted by Crippen LogP contribution is 2.33. The molecule has 3 N–H and O–H groups in total. The number of amides is 5. The fourth-order valence-electron chi connectivity index (χ4n) is 8.12. The molecule has 14 heteroatoms. The number of halogens is 1. The smallest absolute Gasteiger partial charge is 0.273 e. The van der Waals surface area contributed by atoms with Crippen LogP contribution in [0, 0.1) is 0 Å². The van der Waals surface area contributed by atoms with Crippen LogP contribution in [0.3, 0.4) is 0 Å². The number of likely N-dealkylation sites (tertiary alicyclic amines) is 2. The Morgan fingerprint density at radius 2 is 1.30 bits per heavy atom. The molecule has 2 unspecified atom stereocenters. The molecule has 4 heterocycles. The van der Waals surface area contributed by atoms with Crippen molar-refractivity contribution in [3.8, 4) is 28.4 Å². The van der Waals surface area contributed by atoms with Crippen molar-refractivity contribution in [2.75, 3.05) is 30.8 Å². The number of rotatable bonds is 11. The predicted molar refractivity (Wildman–Crippen MR) is 232 cm³/mol. The Bertz CT molecular complexity index is 2610. The monoisotopic (exact) mass is 838 g/mol. The minimum absolute atomic E-state index is 0.158. The van der Waals surface area contributed by atoms with Crippen molar-refractivity contribution >= 4 is 63.3 Å². The summed E-state index contributed by atoms with van der Waals surface area (Å²) in [5.74, 6) is 0.185. The van der Waals surface area contributed by atoms with Gasteiger partial charge in [0.25, 0.3) is 5.91 Å². The summed E-state index contributed by atoms with van der Waals surface area (Å²) >= 11 is 6.33. The van der Waals surface area contributed by atoms with Crippen LogP contribution in [-0.4, -0.2) is 76.6 Å². The van der Waals surface area contributed by atoms with E-state index in [4.69, 9.17) is 20.8 Å². The van der Waals surface area contributed by atoms with E-state index < -0.39 is 18.1 Å². The van der Waals surface area contributed by atoms with Crippen LogP contribution in [0.1, 0.15) is 54.7 Å². The molecule has 2 saturated heterocycles. The summed E-state index contributed by atoms with van der Waals surface area (Å²) in [6.45, 7) is 2.19. The summed E-state index contributed by atoms with van der Waals surface area (Å²) in [5, 5.41) is 10.1. The van der Waals surface area contributed by atoms with E-state index in [1.54, 1.807) is 89.7 Å². The highest BCUT2D eigenvalue weighted by atomic mass is 35.5. The van der Waals surface area contributed by atoms with Gasteiger partial charge in [0.15, 0.2) is 0 Å². The molecule has 61 heavy (non-hydrogen) atoms. The molecular formula is C47H43ClN6O7. The van der Waals surface area contributed by atoms with Crippen molar-refractivity contribution < 1.29 is 33.1 Å². The SMILES string of the molecule is COc1cccc2c(C(=O)N3CCCC3C(=O)Nc3ccc(-c4ccc(-c5ccc(NC(=O)C6CCCN6C(=O)[C@@H](NC(C)=O)c6ccccc6)cc5)o4)cc3)nc(Cl)cc12. The number of hydrogen-bond donors (Lipinski definition) is 3. The quantitative estimate of drug-likeness (QED) is 0.111. The van der Waals surface area contributed by atoms with Crippen molar-refractivity contribution in [2.24, 2.45) is 0 Å². The number of aromatic nitrogens is 1. The first-order chi connectivity index (χ1) is 29.6. The lowest BCUT2D eigenvalue weighted by molar-refractivity contribution is -0.140. The van der Waals surface area contributed by atoms with Crippen LogP contribution in [0.25, 0.3) is 33.4 Å². The largest absolute Gasteiger partial charge is 0.496 e. The Morgan fingerprint density at radius 3 is 1.87 bits per heavy atom. The molecule has 5 amide bonds. The Morgan fingerprint density at radius 1 is 0.721 bits per heavy atom. The summed E-state index contributed by atoms with van der Waals surface area (Å²) in [7, 11) is 1.55. The fourth-order valence-corrected chi connectivity index (χ4v) is 8.31. The van der Waals surface area contributed by atoms with Gasteiger partial charge in [-0.25, -0.2) is 4.98 Å². The number of methoxy groups -OCH3 is 1. The van der Waals surface area contributed by atoms with Gasteiger partial charge < -0.3 is 34.9 Å². The van der Waals surface area contributed by atoms with Crippen LogP contribution in [0.2, 0.25) is 5.15 Å². The molecule has 2 fully saturated rings. The van der Waals surface area contributed by atoms with Crippen LogP contribution < -0.4 is 20.7 Å². The Kier molecular flexibility index (Phi) is 11.8. The number of carbonyl (C=O) groups excluding carboxylic acids is 5. The van der Waals surface area contributed by atoms with Crippen LogP contribution in [0.4, 0.5) is 11.4 Å². The van der Waals surface area contributed by atoms with E-state index in [0.717, 1.165) is 11.1 Å². The molecule has 6 aromatic rings. The number of nitrogens with zero attached hydrogens (tertiary/aromatic N) is 3. The number of carbonyl (C=O) groups is 5. The summed E-state index contributed by atoms with van der Waals surface area (Å²) in [5.41, 5.74) is 3.55. The van der Waals surface area contributed by atoms with Gasteiger partial charge in [0.1, 0.15) is 46.2 Å². The van der Waals surface area contributed by atoms with E-state index in [1.165, 1.54) is 6.92 Å². The molecular weight excluding hydrogens is 796 g/mol. The van der Waals surface area contributed by atoms with Gasteiger partial charge in [-0.05, 0) is 104 Å². The van der Waals surface area contributed by atoms with Gasteiger partial charge in [-0.15, -0.1) is 0 Å². The number of fused-ring (bicyclic) bond motifs is 1. The standard InChI is InChI=1S/C47H43ClN6O7/c1-28(55)49-42(31-9-4-3-5-10-31)46(58)53-25-7-12-36(53)44(56)50-32-19-15-29(16-20-32)38-23-24-39(61-38)30-17-21-33(22-18-30)51-45(57)37-13-8-26-54(37)47(59)43-34-11-6-14-40(60-2)35(34)27-41(48)52-43/h3-6,9-11,14-24,27,36-37,42H,7-8,12-13,25-26H2,1-2H3,(H,49,55)(H,50,56)(H,51,57)/t36?,37?,42-/m0/s1. The van der Waals surface area contributed by atoms with E-state index in [0.29, 0.717) is 83.8 Å². The summed E-state index contributed by atoms with van der Waals surface area (Å²) in [4.78, 5) is 74.0. The van der Waals surface area contributed by atoms with Gasteiger partial charge in [-0.2, -0.15) is 0 Å². The molecule has 13 nitrogen and oxygen atoms in total. The molecule has 2 aliphatic rings. The van der Waals surface area contributed by atoms with E-state index in [1.807, 2.05) is 42.5 Å². The number of nitrogens with one attached hydrogen (secondary N) is 3. The molecule has 2 aliphatic heterocycles. The van der Waals surface area contributed by atoms with Crippen LogP contribution >= 0.6 is 11.6 Å². The Balaban J connectivity index is 0.884. The molecule has 0 saturated carbocycles. The minimum atomic E-state index is -0.887. The zero-order chi connectivity index (χ0) is 42.6. The van der Waals surface area contributed by atoms with Gasteiger partial charge in [0, 0.05) is 53.3 Å². The molecule has 8 rings (SSSR count). The first kappa shape index (κ1) is 40.8. The second kappa shape index (κ2) is 17.7. The maximum atomic E-state index is 13.8. The molecule has 310 valence electrons. The van der Waals surface area contributed by atoms with Crippen molar-refractivity contribution in [3.63, 3.8) is 0 Å². The van der Waals surface area contributed by atoms with E-state index >= 15 is 0 Å². The van der Waals surface area contributed by atoms with Gasteiger partial charge in [0.05, 0.1) is 7.11 Å². The molecule has 2 aromatic heterocycles. The second-order valence-electron chi connectivity index (χ2n) is 15.0. The van der Waals surface area contributed by atoms with E-state index in [-0.39, 0.29) is 40.4 Å². The predicted octanol–water partition coefficient (Wildman–Crippen LogP) is 7.87. The van der Waals surface area contributed by atoms with Gasteiger partial charge in [-0.1, -0.05) is 54.1 Å². The van der Waals surface area contributed by atoms with Crippen molar-refractivity contribution in [2.45, 2.75) is 50.7 Å². The number of hydrogen-bond acceptors (Lipinski definition) is 8. The van der Waals surface area contributed by atoms with Crippen molar-refractivity contribution in [3.05, 3.63) is 132 Å². The first-order valence-electron chi connectivity index (χ1n) is 20.1. The number of furan rings is 1. The normalized spacial score (nSPS) is 16.6. The lowest BCUT2D eigenvalue weighted by Gasteiger charge is -2.28. The fraction of sp³-hybridized carbons (Fsp3) is 0.234. The first-order valence-corrected chi connectivity index (χ1v) is 20.4. The van der Waals surface area contributed by atoms with E-state index in [9.17, 15) is 24.0 Å². The highest BCUT2D eigenvalue weighted by molar-refractivity contribution is 6.30. The number of benzene rings is 4. The molecule has 0 bridgehead atoms. The second-order valence-corrected chi connectivity index (χ2v) is 15.4. The number of pyridine rings is 1. The number of anilines is 2. The topological polar surface area (TPSA) is 163 Å². The van der Waals surface area contributed by atoms with Crippen molar-refractivity contribution in [1.82, 2.24) is 20.1 Å². The minimum Gasteiger partial charge on any atom is -0.496 e. The molecule has 0 aliphatic carbocycles. The van der Waals surface area contributed by atoms with Gasteiger partial charge >= 0.3 is 0 Å². The summed E-state index contributed by atoms with van der Waals surface area (Å²) in [6, 6.07) is 32.0. The lowest BCUT2D eigenvalue weighted by atomic mass is 10.0. The van der Waals surface area contributed by atoms with Crippen molar-refractivity contribution in [1.29, 1.82) is 0 Å². The van der Waals surface area contributed by atoms with Crippen LogP contribution in [0.5, 0.6) is 5.75 Å². The third kappa shape index (κ3) is 8.69. The van der Waals surface area contributed by atoms with Gasteiger partial charge in [0.2, 0.25) is 23.6 Å². The third-order valence-corrected chi connectivity index (χ3v) is 11.3. The average Bonchev–Trinajstić information content (AvgIpc) is 4.08. The zero-order valence-electron chi connectivity index (χ0n) is 33.5. The maximum absolute atomic E-state index is 13.8. The molecule has 0 radical (unpaired) electrons. The molecule has 3 atom stereocenters. The van der Waals surface area contributed by atoms with E-state index in [2.05, 4.69) is 20.9 Å². The Hall–Kier alpha value is -6.99. The molecule has 0 spiro atoms. The average molecular weight is 839 g/mol. The number of ether oxygens (including phenoxy) is 1. The maximum Gasteiger partial charge on any atom is 0.273 e. The zero-order valence-corrected chi connectivity index (χ0v) is 34.3.